The van der Waals surface area contributed by atoms with E-state index in [1.807, 2.05) is 24.5 Å². The lowest BCUT2D eigenvalue weighted by Gasteiger charge is -2.26. The minimum atomic E-state index is -0.630. The molecule has 1 aromatic carbocycles. The third-order valence-corrected chi connectivity index (χ3v) is 4.30. The van der Waals surface area contributed by atoms with Crippen LogP contribution in [0.2, 0.25) is 0 Å². The van der Waals surface area contributed by atoms with E-state index in [2.05, 4.69) is 15.5 Å². The fourth-order valence-electron chi connectivity index (χ4n) is 2.30. The molecule has 0 radical (unpaired) electrons. The summed E-state index contributed by atoms with van der Waals surface area (Å²) in [6.45, 7) is 4.80. The number of benzene rings is 1. The van der Waals surface area contributed by atoms with Crippen LogP contribution in [0, 0.1) is 0 Å². The molecule has 0 aromatic heterocycles. The molecule has 1 aliphatic heterocycles. The van der Waals surface area contributed by atoms with Crippen LogP contribution in [0.15, 0.2) is 29.2 Å². The highest BCUT2D eigenvalue weighted by Gasteiger charge is 2.14. The zero-order valence-corrected chi connectivity index (χ0v) is 14.2. The second kappa shape index (κ2) is 9.54. The number of ether oxygens (including phenoxy) is 1. The third kappa shape index (κ3) is 6.21. The maximum Gasteiger partial charge on any atom is 0.313 e. The van der Waals surface area contributed by atoms with Crippen LogP contribution in [0.5, 0.6) is 0 Å². The molecule has 0 bridgehead atoms. The molecule has 0 unspecified atom stereocenters. The van der Waals surface area contributed by atoms with Gasteiger partial charge in [0.1, 0.15) is 0 Å². The average Bonchev–Trinajstić information content (AvgIpc) is 2.59. The van der Waals surface area contributed by atoms with E-state index in [9.17, 15) is 9.59 Å². The molecule has 1 aromatic rings. The van der Waals surface area contributed by atoms with Crippen molar-refractivity contribution in [2.45, 2.75) is 11.3 Å². The normalized spacial score (nSPS) is 15.2. The Balaban J connectivity index is 1.67. The summed E-state index contributed by atoms with van der Waals surface area (Å²) in [6.07, 6.45) is 2.78. The van der Waals surface area contributed by atoms with Gasteiger partial charge in [0.05, 0.1) is 13.2 Å². The van der Waals surface area contributed by atoms with Crippen molar-refractivity contribution in [1.82, 2.24) is 10.2 Å². The number of amides is 2. The molecule has 2 rings (SSSR count). The largest absolute Gasteiger partial charge is 0.379 e. The lowest BCUT2D eigenvalue weighted by Crippen LogP contribution is -2.39. The van der Waals surface area contributed by atoms with Gasteiger partial charge in [0.25, 0.3) is 0 Å². The number of hydrogen-bond acceptors (Lipinski definition) is 5. The van der Waals surface area contributed by atoms with Gasteiger partial charge < -0.3 is 15.4 Å². The minimum absolute atomic E-state index is 0.495. The average molecular weight is 337 g/mol. The van der Waals surface area contributed by atoms with E-state index in [0.29, 0.717) is 12.2 Å². The van der Waals surface area contributed by atoms with Crippen molar-refractivity contribution in [1.29, 1.82) is 0 Å². The lowest BCUT2D eigenvalue weighted by molar-refractivity contribution is -0.136. The second-order valence-electron chi connectivity index (χ2n) is 5.25. The van der Waals surface area contributed by atoms with Crippen LogP contribution in [0.4, 0.5) is 5.69 Å². The highest BCUT2D eigenvalue weighted by molar-refractivity contribution is 7.98. The number of carbonyl (C=O) groups excluding carboxylic acids is 2. The van der Waals surface area contributed by atoms with Gasteiger partial charge in [0, 0.05) is 30.2 Å². The van der Waals surface area contributed by atoms with Crippen LogP contribution >= 0.6 is 11.8 Å². The van der Waals surface area contributed by atoms with Gasteiger partial charge in [-0.05, 0) is 37.4 Å². The highest BCUT2D eigenvalue weighted by Crippen LogP contribution is 2.18. The van der Waals surface area contributed by atoms with E-state index in [1.54, 1.807) is 17.8 Å². The molecule has 0 spiro atoms. The van der Waals surface area contributed by atoms with E-state index < -0.39 is 11.8 Å². The number of nitrogens with zero attached hydrogens (tertiary/aromatic N) is 1. The summed E-state index contributed by atoms with van der Waals surface area (Å²) in [4.78, 5) is 27.0. The Bertz CT molecular complexity index is 533. The first-order chi connectivity index (χ1) is 11.2. The van der Waals surface area contributed by atoms with Crippen LogP contribution in [0.1, 0.15) is 6.42 Å². The van der Waals surface area contributed by atoms with Crippen molar-refractivity contribution in [2.24, 2.45) is 0 Å². The lowest BCUT2D eigenvalue weighted by atomic mass is 10.3. The fraction of sp³-hybridized carbons (Fsp3) is 0.500. The van der Waals surface area contributed by atoms with Crippen molar-refractivity contribution in [2.75, 3.05) is 51.0 Å². The number of carbonyl (C=O) groups is 2. The maximum absolute atomic E-state index is 11.9. The zero-order chi connectivity index (χ0) is 16.5. The summed E-state index contributed by atoms with van der Waals surface area (Å²) in [5.41, 5.74) is 0.630. The van der Waals surface area contributed by atoms with E-state index in [1.165, 1.54) is 0 Å². The second-order valence-corrected chi connectivity index (χ2v) is 6.13. The number of morpholine rings is 1. The van der Waals surface area contributed by atoms with Crippen LogP contribution in [0.3, 0.4) is 0 Å². The Morgan fingerprint density at radius 2 is 2.04 bits per heavy atom. The molecule has 0 aliphatic carbocycles. The topological polar surface area (TPSA) is 70.7 Å². The monoisotopic (exact) mass is 337 g/mol. The predicted molar refractivity (Wildman–Crippen MR) is 91.7 cm³/mol. The minimum Gasteiger partial charge on any atom is -0.379 e. The molecule has 1 heterocycles. The number of anilines is 1. The molecule has 6 nitrogen and oxygen atoms in total. The summed E-state index contributed by atoms with van der Waals surface area (Å²) in [7, 11) is 0. The maximum atomic E-state index is 11.9. The number of hydrogen-bond donors (Lipinski definition) is 2. The van der Waals surface area contributed by atoms with Gasteiger partial charge in [-0.25, -0.2) is 0 Å². The summed E-state index contributed by atoms with van der Waals surface area (Å²) in [6, 6.07) is 7.41. The first-order valence-electron chi connectivity index (χ1n) is 7.72. The van der Waals surface area contributed by atoms with E-state index in [-0.39, 0.29) is 0 Å². The fourth-order valence-corrected chi connectivity index (χ4v) is 2.76. The molecule has 23 heavy (non-hydrogen) atoms. The van der Waals surface area contributed by atoms with Crippen molar-refractivity contribution >= 4 is 29.3 Å². The van der Waals surface area contributed by atoms with Gasteiger partial charge in [-0.3, -0.25) is 14.5 Å². The molecule has 0 atom stereocenters. The quantitative estimate of drug-likeness (QED) is 0.463. The predicted octanol–water partition coefficient (Wildman–Crippen LogP) is 1.19. The number of thioether (sulfide) groups is 1. The molecule has 1 aliphatic rings. The van der Waals surface area contributed by atoms with Crippen molar-refractivity contribution in [3.63, 3.8) is 0 Å². The van der Waals surface area contributed by atoms with Gasteiger partial charge in [0.2, 0.25) is 0 Å². The Morgan fingerprint density at radius 1 is 1.26 bits per heavy atom. The summed E-state index contributed by atoms with van der Waals surface area (Å²) < 4.78 is 5.28. The molecule has 2 N–H and O–H groups in total. The Morgan fingerprint density at radius 3 is 2.78 bits per heavy atom. The molecule has 2 amide bonds. The van der Waals surface area contributed by atoms with E-state index in [0.717, 1.165) is 44.2 Å². The molecular weight excluding hydrogens is 314 g/mol. The molecule has 126 valence electrons. The van der Waals surface area contributed by atoms with Crippen LogP contribution in [-0.2, 0) is 14.3 Å². The molecule has 0 saturated carbocycles. The standard InChI is InChI=1S/C16H23N3O3S/c1-23-14-5-2-4-13(12-14)18-16(21)15(20)17-6-3-7-19-8-10-22-11-9-19/h2,4-5,12H,3,6-11H2,1H3,(H,17,20)(H,18,21). The molecule has 1 fully saturated rings. The first-order valence-corrected chi connectivity index (χ1v) is 8.95. The number of nitrogens with one attached hydrogen (secondary N) is 2. The summed E-state index contributed by atoms with van der Waals surface area (Å²) in [5, 5.41) is 5.27. The van der Waals surface area contributed by atoms with Gasteiger partial charge >= 0.3 is 11.8 Å². The van der Waals surface area contributed by atoms with Crippen LogP contribution < -0.4 is 10.6 Å². The Labute approximate surface area is 140 Å². The van der Waals surface area contributed by atoms with Gasteiger partial charge in [-0.15, -0.1) is 11.8 Å². The molecule has 1 saturated heterocycles. The summed E-state index contributed by atoms with van der Waals surface area (Å²) in [5.74, 6) is -1.23. The van der Waals surface area contributed by atoms with Gasteiger partial charge in [0.15, 0.2) is 0 Å². The SMILES string of the molecule is CSc1cccc(NC(=O)C(=O)NCCCN2CCOCC2)c1. The van der Waals surface area contributed by atoms with E-state index in [4.69, 9.17) is 4.74 Å². The van der Waals surface area contributed by atoms with E-state index >= 15 is 0 Å². The smallest absolute Gasteiger partial charge is 0.313 e. The molecule has 7 heteroatoms. The van der Waals surface area contributed by atoms with Crippen molar-refractivity contribution < 1.29 is 14.3 Å². The number of rotatable bonds is 6. The van der Waals surface area contributed by atoms with Crippen LogP contribution in [-0.4, -0.2) is 62.4 Å². The Kier molecular flexibility index (Phi) is 7.38. The Hall–Kier alpha value is -1.57. The molecular formula is C16H23N3O3S. The van der Waals surface area contributed by atoms with Crippen molar-refractivity contribution in [3.05, 3.63) is 24.3 Å². The first kappa shape index (κ1) is 17.8. The summed E-state index contributed by atoms with van der Waals surface area (Å²) >= 11 is 1.58. The third-order valence-electron chi connectivity index (χ3n) is 3.57. The van der Waals surface area contributed by atoms with Gasteiger partial charge in [-0.2, -0.15) is 0 Å². The zero-order valence-electron chi connectivity index (χ0n) is 13.3. The van der Waals surface area contributed by atoms with Crippen LogP contribution in [0.25, 0.3) is 0 Å². The van der Waals surface area contributed by atoms with Crippen molar-refractivity contribution in [3.8, 4) is 0 Å². The highest BCUT2D eigenvalue weighted by atomic mass is 32.2. The van der Waals surface area contributed by atoms with Gasteiger partial charge in [-0.1, -0.05) is 6.07 Å².